The number of piperazine rings is 1. The summed E-state index contributed by atoms with van der Waals surface area (Å²) in [7, 11) is 2.05. The molecule has 0 radical (unpaired) electrons. The van der Waals surface area contributed by atoms with Crippen LogP contribution >= 0.6 is 11.6 Å². The summed E-state index contributed by atoms with van der Waals surface area (Å²) in [5, 5.41) is 5.46. The van der Waals surface area contributed by atoms with E-state index in [9.17, 15) is 4.79 Å². The third kappa shape index (κ3) is 4.99. The van der Waals surface area contributed by atoms with Crippen LogP contribution in [0.25, 0.3) is 0 Å². The molecule has 33 heavy (non-hydrogen) atoms. The maximum Gasteiger partial charge on any atom is 0.324 e. The third-order valence-electron chi connectivity index (χ3n) is 7.19. The Morgan fingerprint density at radius 2 is 1.76 bits per heavy atom. The zero-order valence-corrected chi connectivity index (χ0v) is 21.2. The molecule has 0 N–H and O–H groups in total. The van der Waals surface area contributed by atoms with Crippen molar-refractivity contribution in [2.45, 2.75) is 39.5 Å². The number of anilines is 2. The van der Waals surface area contributed by atoms with Gasteiger partial charge in [0.15, 0.2) is 0 Å². The first kappa shape index (κ1) is 23.9. The zero-order valence-electron chi connectivity index (χ0n) is 20.4. The van der Waals surface area contributed by atoms with E-state index in [1.807, 2.05) is 45.8 Å². The highest BCUT2D eigenvalue weighted by atomic mass is 35.5. The molecule has 1 saturated heterocycles. The van der Waals surface area contributed by atoms with Gasteiger partial charge in [-0.2, -0.15) is 5.10 Å². The number of hydrogen-bond acceptors (Lipinski definition) is 4. The Balaban J connectivity index is 1.46. The first-order valence-corrected chi connectivity index (χ1v) is 12.7. The summed E-state index contributed by atoms with van der Waals surface area (Å²) in [6.07, 6.45) is 2.26. The van der Waals surface area contributed by atoms with Crippen molar-refractivity contribution in [2.24, 2.45) is 7.05 Å². The molecule has 1 fully saturated rings. The van der Waals surface area contributed by atoms with Gasteiger partial charge in [0, 0.05) is 62.6 Å². The molecule has 0 bridgehead atoms. The van der Waals surface area contributed by atoms with Crippen molar-refractivity contribution in [1.82, 2.24) is 19.6 Å². The van der Waals surface area contributed by atoms with Crippen molar-refractivity contribution in [3.05, 3.63) is 40.5 Å². The molecule has 1 aromatic heterocycles. The Hall–Kier alpha value is -2.25. The molecule has 1 aliphatic heterocycles. The number of nitrogens with zero attached hydrogens (tertiary/aromatic N) is 6. The Morgan fingerprint density at radius 3 is 2.39 bits per heavy atom. The maximum atomic E-state index is 13.6. The van der Waals surface area contributed by atoms with Gasteiger partial charge in [0.05, 0.1) is 5.69 Å². The summed E-state index contributed by atoms with van der Waals surface area (Å²) in [5.74, 6) is 1.81. The van der Waals surface area contributed by atoms with E-state index in [0.717, 1.165) is 44.8 Å². The zero-order chi connectivity index (χ0) is 23.5. The number of likely N-dealkylation sites (N-methyl/N-ethyl adjacent to an activating group) is 1. The second-order valence-corrected chi connectivity index (χ2v) is 9.60. The Kier molecular flexibility index (Phi) is 7.49. The van der Waals surface area contributed by atoms with Crippen LogP contribution in [0.5, 0.6) is 0 Å². The monoisotopic (exact) mass is 472 g/mol. The smallest absolute Gasteiger partial charge is 0.324 e. The normalized spacial score (nSPS) is 18.2. The van der Waals surface area contributed by atoms with Crippen LogP contribution < -0.4 is 9.80 Å². The summed E-state index contributed by atoms with van der Waals surface area (Å²) in [6, 6.07) is 7.68. The molecule has 4 rings (SSSR count). The van der Waals surface area contributed by atoms with E-state index in [1.54, 1.807) is 0 Å². The first-order chi connectivity index (χ1) is 15.9. The molecule has 1 unspecified atom stereocenters. The van der Waals surface area contributed by atoms with Crippen LogP contribution in [-0.4, -0.2) is 78.0 Å². The Morgan fingerprint density at radius 1 is 1.09 bits per heavy atom. The van der Waals surface area contributed by atoms with E-state index in [4.69, 9.17) is 16.7 Å². The molecular weight excluding hydrogens is 436 g/mol. The van der Waals surface area contributed by atoms with Gasteiger partial charge < -0.3 is 14.7 Å². The lowest BCUT2D eigenvalue weighted by Crippen LogP contribution is -2.54. The number of urea groups is 1. The Labute approximate surface area is 202 Å². The van der Waals surface area contributed by atoms with Gasteiger partial charge in [-0.15, -0.1) is 0 Å². The predicted octanol–water partition coefficient (Wildman–Crippen LogP) is 4.21. The van der Waals surface area contributed by atoms with Crippen molar-refractivity contribution in [2.75, 3.05) is 62.2 Å². The van der Waals surface area contributed by atoms with Gasteiger partial charge in [-0.05, 0) is 56.1 Å². The minimum atomic E-state index is 0.0766. The molecule has 2 aromatic rings. The maximum absolute atomic E-state index is 13.6. The standard InChI is InChI=1S/C25H37ClN6O/c1-5-29(6-2)13-18-32(21-10-8-20(26)9-11-21)25(33)31-16-14-30(15-17-31)24-23-19(3)7-12-22(23)27-28(24)4/h8-11,19H,5-7,12-18H2,1-4H3. The molecule has 0 saturated carbocycles. The predicted molar refractivity (Wildman–Crippen MR) is 136 cm³/mol. The van der Waals surface area contributed by atoms with Gasteiger partial charge in [0.1, 0.15) is 5.82 Å². The fourth-order valence-corrected chi connectivity index (χ4v) is 5.29. The number of halogens is 1. The van der Waals surface area contributed by atoms with Crippen molar-refractivity contribution in [3.8, 4) is 0 Å². The lowest BCUT2D eigenvalue weighted by atomic mass is 10.1. The lowest BCUT2D eigenvalue weighted by molar-refractivity contribution is 0.199. The summed E-state index contributed by atoms with van der Waals surface area (Å²) in [4.78, 5) is 22.3. The largest absolute Gasteiger partial charge is 0.353 e. The van der Waals surface area contributed by atoms with Crippen LogP contribution in [0.1, 0.15) is 44.4 Å². The highest BCUT2D eigenvalue weighted by Crippen LogP contribution is 2.39. The highest BCUT2D eigenvalue weighted by molar-refractivity contribution is 6.30. The number of fused-ring (bicyclic) bond motifs is 1. The van der Waals surface area contributed by atoms with Gasteiger partial charge in [0.2, 0.25) is 0 Å². The van der Waals surface area contributed by atoms with E-state index in [0.29, 0.717) is 30.6 Å². The summed E-state index contributed by atoms with van der Waals surface area (Å²) < 4.78 is 2.04. The molecule has 180 valence electrons. The SMILES string of the molecule is CCN(CC)CCN(C(=O)N1CCN(c2c3c(nn2C)CCC3C)CC1)c1ccc(Cl)cc1. The number of carbonyl (C=O) groups excluding carboxylic acids is 1. The molecule has 8 heteroatoms. The average molecular weight is 473 g/mol. The second kappa shape index (κ2) is 10.3. The van der Waals surface area contributed by atoms with Crippen molar-refractivity contribution < 1.29 is 4.79 Å². The number of carbonyl (C=O) groups is 1. The van der Waals surface area contributed by atoms with E-state index in [1.165, 1.54) is 23.5 Å². The number of hydrogen-bond donors (Lipinski definition) is 0. The van der Waals surface area contributed by atoms with Crippen molar-refractivity contribution >= 4 is 29.1 Å². The van der Waals surface area contributed by atoms with Crippen LogP contribution in [0.4, 0.5) is 16.3 Å². The molecule has 2 aliphatic rings. The molecular formula is C25H37ClN6O. The third-order valence-corrected chi connectivity index (χ3v) is 7.44. The lowest BCUT2D eigenvalue weighted by Gasteiger charge is -2.39. The Bertz CT molecular complexity index is 947. The molecule has 2 heterocycles. The molecule has 1 atom stereocenters. The van der Waals surface area contributed by atoms with Gasteiger partial charge in [-0.3, -0.25) is 9.58 Å². The number of benzene rings is 1. The summed E-state index contributed by atoms with van der Waals surface area (Å²) in [5.41, 5.74) is 3.57. The van der Waals surface area contributed by atoms with Crippen LogP contribution in [0.2, 0.25) is 5.02 Å². The number of amides is 2. The van der Waals surface area contributed by atoms with Crippen molar-refractivity contribution in [3.63, 3.8) is 0 Å². The minimum absolute atomic E-state index is 0.0766. The number of aryl methyl sites for hydroxylation is 2. The fourth-order valence-electron chi connectivity index (χ4n) is 5.17. The minimum Gasteiger partial charge on any atom is -0.353 e. The van der Waals surface area contributed by atoms with Crippen LogP contribution in [-0.2, 0) is 13.5 Å². The average Bonchev–Trinajstić information content (AvgIpc) is 3.35. The topological polar surface area (TPSA) is 47.9 Å². The summed E-state index contributed by atoms with van der Waals surface area (Å²) >= 11 is 6.11. The first-order valence-electron chi connectivity index (χ1n) is 12.3. The van der Waals surface area contributed by atoms with Crippen LogP contribution in [0.15, 0.2) is 24.3 Å². The van der Waals surface area contributed by atoms with E-state index in [2.05, 4.69) is 30.6 Å². The van der Waals surface area contributed by atoms with E-state index >= 15 is 0 Å². The molecule has 1 aliphatic carbocycles. The second-order valence-electron chi connectivity index (χ2n) is 9.16. The molecule has 1 aromatic carbocycles. The quantitative estimate of drug-likeness (QED) is 0.605. The molecule has 7 nitrogen and oxygen atoms in total. The number of rotatable bonds is 7. The summed E-state index contributed by atoms with van der Waals surface area (Å²) in [6.45, 7) is 13.2. The molecule has 2 amide bonds. The van der Waals surface area contributed by atoms with E-state index < -0.39 is 0 Å². The molecule has 0 spiro atoms. The fraction of sp³-hybridized carbons (Fsp3) is 0.600. The van der Waals surface area contributed by atoms with Gasteiger partial charge in [-0.25, -0.2) is 4.79 Å². The van der Waals surface area contributed by atoms with E-state index in [-0.39, 0.29) is 6.03 Å². The number of aromatic nitrogens is 2. The highest BCUT2D eigenvalue weighted by Gasteiger charge is 2.33. The van der Waals surface area contributed by atoms with Gasteiger partial charge >= 0.3 is 6.03 Å². The van der Waals surface area contributed by atoms with Gasteiger partial charge in [0.25, 0.3) is 0 Å². The van der Waals surface area contributed by atoms with Crippen LogP contribution in [0.3, 0.4) is 0 Å². The van der Waals surface area contributed by atoms with Gasteiger partial charge in [-0.1, -0.05) is 32.4 Å². The van der Waals surface area contributed by atoms with Crippen molar-refractivity contribution in [1.29, 1.82) is 0 Å². The van der Waals surface area contributed by atoms with Crippen LogP contribution in [0, 0.1) is 0 Å².